The number of nitrogens with zero attached hydrogens (tertiary/aromatic N) is 3. The van der Waals surface area contributed by atoms with Gasteiger partial charge in [-0.05, 0) is 110 Å². The summed E-state index contributed by atoms with van der Waals surface area (Å²) in [4.78, 5) is 9.30. The number of hydrogen-bond acceptors (Lipinski definition) is 9. The molecule has 6 bridgehead atoms. The molecule has 1 aromatic heterocycles. The summed E-state index contributed by atoms with van der Waals surface area (Å²) in [7, 11) is 9.40. The molecule has 9 rings (SSSR count). The van der Waals surface area contributed by atoms with Crippen LogP contribution in [0.25, 0.3) is 11.1 Å². The largest absolute Gasteiger partial charge is 0.493 e. The maximum absolute atomic E-state index is 7.04. The predicted molar refractivity (Wildman–Crippen MR) is 179 cm³/mol. The topological polar surface area (TPSA) is 78.7 Å². The van der Waals surface area contributed by atoms with Gasteiger partial charge in [0.15, 0.2) is 40.7 Å². The van der Waals surface area contributed by atoms with Gasteiger partial charge in [-0.25, -0.2) is 4.98 Å². The number of rotatable bonds is 3. The molecule has 4 aromatic carbocycles. The van der Waals surface area contributed by atoms with Gasteiger partial charge in [0, 0.05) is 30.7 Å². The van der Waals surface area contributed by atoms with E-state index in [4.69, 9.17) is 28.1 Å². The van der Waals surface area contributed by atoms with Crippen LogP contribution >= 0.6 is 0 Å². The van der Waals surface area contributed by atoms with Crippen molar-refractivity contribution in [1.82, 2.24) is 14.8 Å². The van der Waals surface area contributed by atoms with Crippen LogP contribution in [0.1, 0.15) is 45.5 Å². The van der Waals surface area contributed by atoms with Gasteiger partial charge in [-0.2, -0.15) is 0 Å². The summed E-state index contributed by atoms with van der Waals surface area (Å²) in [5, 5.41) is 0. The number of methoxy groups -OCH3 is 3. The van der Waals surface area contributed by atoms with E-state index >= 15 is 0 Å². The Bertz CT molecular complexity index is 1970. The van der Waals surface area contributed by atoms with E-state index in [1.807, 2.05) is 12.1 Å². The zero-order chi connectivity index (χ0) is 32.2. The molecule has 0 spiro atoms. The first kappa shape index (κ1) is 29.7. The van der Waals surface area contributed by atoms with E-state index in [0.29, 0.717) is 40.1 Å². The molecule has 5 aromatic rings. The predicted octanol–water partition coefficient (Wildman–Crippen LogP) is 7.30. The van der Waals surface area contributed by atoms with Crippen molar-refractivity contribution in [3.8, 4) is 40.2 Å². The molecule has 9 heteroatoms. The lowest BCUT2D eigenvalue weighted by Crippen LogP contribution is -2.34. The van der Waals surface area contributed by atoms with Gasteiger partial charge in [-0.15, -0.1) is 0 Å². The molecule has 4 aliphatic rings. The van der Waals surface area contributed by atoms with E-state index in [2.05, 4.69) is 71.3 Å². The molecule has 0 radical (unpaired) electrons. The van der Waals surface area contributed by atoms with Crippen LogP contribution in [0.3, 0.4) is 0 Å². The second kappa shape index (κ2) is 11.8. The highest BCUT2D eigenvalue weighted by atomic mass is 16.5. The lowest BCUT2D eigenvalue weighted by molar-refractivity contribution is 0.220. The first-order valence-electron chi connectivity index (χ1n) is 16.1. The first-order valence-corrected chi connectivity index (χ1v) is 16.1. The molecule has 0 aliphatic carbocycles. The van der Waals surface area contributed by atoms with Crippen LogP contribution in [0.2, 0.25) is 0 Å². The van der Waals surface area contributed by atoms with Crippen LogP contribution in [0, 0.1) is 0 Å². The molecule has 0 amide bonds. The number of oxazole rings is 1. The Balaban J connectivity index is 1.36. The Morgan fingerprint density at radius 2 is 1.45 bits per heavy atom. The molecular formula is C38H39N3O6. The average molecular weight is 634 g/mol. The number of fused-ring (bicyclic) bond motifs is 3. The second-order valence-corrected chi connectivity index (χ2v) is 12.8. The van der Waals surface area contributed by atoms with Gasteiger partial charge in [0.2, 0.25) is 5.75 Å². The van der Waals surface area contributed by atoms with E-state index in [9.17, 15) is 0 Å². The quantitative estimate of drug-likeness (QED) is 0.203. The minimum atomic E-state index is 0.0345. The number of benzene rings is 4. The van der Waals surface area contributed by atoms with E-state index in [0.717, 1.165) is 61.2 Å². The van der Waals surface area contributed by atoms with Crippen LogP contribution in [-0.2, 0) is 25.7 Å². The molecular weight excluding hydrogens is 594 g/mol. The Morgan fingerprint density at radius 3 is 2.21 bits per heavy atom. The van der Waals surface area contributed by atoms with Crippen LogP contribution in [0.5, 0.6) is 40.2 Å². The Morgan fingerprint density at radius 1 is 0.723 bits per heavy atom. The van der Waals surface area contributed by atoms with Gasteiger partial charge >= 0.3 is 0 Å². The third-order valence-electron chi connectivity index (χ3n) is 10.1. The highest BCUT2D eigenvalue weighted by Gasteiger charge is 2.34. The molecule has 9 nitrogen and oxygen atoms in total. The summed E-state index contributed by atoms with van der Waals surface area (Å²) in [5.41, 5.74) is 8.46. The standard InChI is InChI=1S/C38H39N3O6/c1-40-12-10-24-18-31(42-3)32-20-27(24)29(40)16-23-14-28-36(45-21-39-28)34(17-23)46-26-8-6-22(7-9-26)15-30-35-25(11-13-41(30)2)19-33(43-4)37(44-5)38(35)47-32/h6-9,14,17-21,29-30H,10-13,15-16H2,1-5H3/t29-,30+/m1/s1. The lowest BCUT2D eigenvalue weighted by atomic mass is 9.87. The second-order valence-electron chi connectivity index (χ2n) is 12.8. The van der Waals surface area contributed by atoms with Gasteiger partial charge in [-0.3, -0.25) is 9.80 Å². The van der Waals surface area contributed by atoms with E-state index in [1.54, 1.807) is 21.3 Å². The Kier molecular flexibility index (Phi) is 7.45. The minimum Gasteiger partial charge on any atom is -0.493 e. The highest BCUT2D eigenvalue weighted by molar-refractivity contribution is 5.80. The number of likely N-dealkylation sites (N-methyl/N-ethyl adjacent to an activating group) is 2. The summed E-state index contributed by atoms with van der Waals surface area (Å²) < 4.78 is 37.2. The van der Waals surface area contributed by atoms with E-state index in [1.165, 1.54) is 28.6 Å². The van der Waals surface area contributed by atoms with Crippen molar-refractivity contribution in [3.63, 3.8) is 0 Å². The van der Waals surface area contributed by atoms with Crippen molar-refractivity contribution in [2.75, 3.05) is 48.5 Å². The molecule has 242 valence electrons. The smallest absolute Gasteiger partial charge is 0.204 e. The molecule has 0 N–H and O–H groups in total. The van der Waals surface area contributed by atoms with Crippen molar-refractivity contribution < 1.29 is 28.1 Å². The number of ether oxygens (including phenoxy) is 5. The normalized spacial score (nSPS) is 19.3. The maximum Gasteiger partial charge on any atom is 0.204 e. The van der Waals surface area contributed by atoms with E-state index in [-0.39, 0.29) is 12.1 Å². The average Bonchev–Trinajstić information content (AvgIpc) is 3.56. The summed E-state index contributed by atoms with van der Waals surface area (Å²) in [6, 6.07) is 19.0. The summed E-state index contributed by atoms with van der Waals surface area (Å²) in [6.45, 7) is 1.83. The third kappa shape index (κ3) is 5.14. The minimum absolute atomic E-state index is 0.0345. The van der Waals surface area contributed by atoms with Gasteiger partial charge in [0.05, 0.1) is 21.3 Å². The lowest BCUT2D eigenvalue weighted by Gasteiger charge is -2.37. The third-order valence-corrected chi connectivity index (χ3v) is 10.1. The molecule has 0 saturated heterocycles. The van der Waals surface area contributed by atoms with Crippen molar-refractivity contribution in [2.45, 2.75) is 37.8 Å². The number of aromatic nitrogens is 1. The van der Waals surface area contributed by atoms with Crippen molar-refractivity contribution in [3.05, 3.63) is 94.4 Å². The van der Waals surface area contributed by atoms with Crippen LogP contribution < -0.4 is 23.7 Å². The van der Waals surface area contributed by atoms with Gasteiger partial charge < -0.3 is 28.1 Å². The summed E-state index contributed by atoms with van der Waals surface area (Å²) in [5.74, 6) is 4.64. The summed E-state index contributed by atoms with van der Waals surface area (Å²) >= 11 is 0. The fourth-order valence-corrected chi connectivity index (χ4v) is 7.53. The fourth-order valence-electron chi connectivity index (χ4n) is 7.53. The Hall–Kier alpha value is -4.73. The van der Waals surface area contributed by atoms with Gasteiger partial charge in [-0.1, -0.05) is 12.1 Å². The van der Waals surface area contributed by atoms with Gasteiger partial charge in [0.1, 0.15) is 11.3 Å². The molecule has 2 atom stereocenters. The number of hydrogen-bond donors (Lipinski definition) is 0. The van der Waals surface area contributed by atoms with Crippen molar-refractivity contribution in [1.29, 1.82) is 0 Å². The van der Waals surface area contributed by atoms with Crippen LogP contribution in [0.15, 0.2) is 65.4 Å². The van der Waals surface area contributed by atoms with Crippen LogP contribution in [0.4, 0.5) is 0 Å². The SMILES string of the molecule is COc1cc2c3cc1Oc1c(OC)c(OC)cc4c1[C@H](Cc1ccc(cc1)Oc1cc(cc5ncoc15)C[C@H]3N(C)CC2)N(C)CC4. The molecule has 5 heterocycles. The highest BCUT2D eigenvalue weighted by Crippen LogP contribution is 2.51. The first-order chi connectivity index (χ1) is 22.9. The molecule has 47 heavy (non-hydrogen) atoms. The molecule has 4 aliphatic heterocycles. The monoisotopic (exact) mass is 633 g/mol. The fraction of sp³-hybridized carbons (Fsp3) is 0.342. The van der Waals surface area contributed by atoms with Gasteiger partial charge in [0.25, 0.3) is 0 Å². The van der Waals surface area contributed by atoms with Crippen LogP contribution in [-0.4, -0.2) is 63.3 Å². The summed E-state index contributed by atoms with van der Waals surface area (Å²) in [6.07, 6.45) is 4.78. The zero-order valence-corrected chi connectivity index (χ0v) is 27.5. The van der Waals surface area contributed by atoms with E-state index < -0.39 is 0 Å². The Labute approximate surface area is 274 Å². The maximum atomic E-state index is 7.04. The molecule has 0 saturated carbocycles. The van der Waals surface area contributed by atoms with Crippen molar-refractivity contribution in [2.24, 2.45) is 0 Å². The van der Waals surface area contributed by atoms with Crippen molar-refractivity contribution >= 4 is 11.1 Å². The molecule has 0 fully saturated rings. The molecule has 0 unspecified atom stereocenters. The zero-order valence-electron chi connectivity index (χ0n) is 27.5.